The van der Waals surface area contributed by atoms with Crippen molar-refractivity contribution in [2.24, 2.45) is 0 Å². The molecule has 1 aromatic heterocycles. The summed E-state index contributed by atoms with van der Waals surface area (Å²) in [5.41, 5.74) is 3.42. The second kappa shape index (κ2) is 4.57. The van der Waals surface area contributed by atoms with Gasteiger partial charge in [-0.1, -0.05) is 36.4 Å². The predicted molar refractivity (Wildman–Crippen MR) is 77.8 cm³/mol. The predicted octanol–water partition coefficient (Wildman–Crippen LogP) is 1.62. The van der Waals surface area contributed by atoms with E-state index in [0.29, 0.717) is 5.46 Å². The Morgan fingerprint density at radius 3 is 2.21 bits per heavy atom. The van der Waals surface area contributed by atoms with E-state index in [2.05, 4.69) is 0 Å². The van der Waals surface area contributed by atoms with E-state index in [1.807, 2.05) is 66.1 Å². The molecule has 0 atom stereocenters. The highest BCUT2D eigenvalue weighted by Crippen LogP contribution is 2.22. The number of para-hydroxylation sites is 2. The van der Waals surface area contributed by atoms with Gasteiger partial charge in [-0.05, 0) is 25.1 Å². The van der Waals surface area contributed by atoms with Crippen LogP contribution in [0.25, 0.3) is 16.6 Å². The third kappa shape index (κ3) is 1.86. The lowest BCUT2D eigenvalue weighted by Crippen LogP contribution is -2.31. The van der Waals surface area contributed by atoms with E-state index in [1.165, 1.54) is 0 Å². The van der Waals surface area contributed by atoms with Crippen molar-refractivity contribution in [2.45, 2.75) is 6.92 Å². The minimum Gasteiger partial charge on any atom is -0.423 e. The zero-order valence-corrected chi connectivity index (χ0v) is 10.6. The number of rotatable bonds is 2. The van der Waals surface area contributed by atoms with Crippen molar-refractivity contribution in [3.8, 4) is 5.69 Å². The maximum atomic E-state index is 9.61. The molecule has 4 heteroatoms. The molecule has 3 rings (SSSR count). The molecule has 0 radical (unpaired) electrons. The van der Waals surface area contributed by atoms with Crippen molar-refractivity contribution in [1.29, 1.82) is 0 Å². The zero-order chi connectivity index (χ0) is 13.4. The summed E-state index contributed by atoms with van der Waals surface area (Å²) in [6.45, 7) is 1.90. The SMILES string of the molecule is Cc1c(B(O)O)c2ccccc2n1-c1ccccc1. The highest BCUT2D eigenvalue weighted by atomic mass is 16.4. The molecular formula is C15H14BNO2. The third-order valence-electron chi connectivity index (χ3n) is 3.43. The summed E-state index contributed by atoms with van der Waals surface area (Å²) in [6.07, 6.45) is 0. The molecule has 0 fully saturated rings. The Morgan fingerprint density at radius 2 is 1.53 bits per heavy atom. The summed E-state index contributed by atoms with van der Waals surface area (Å²) in [5.74, 6) is 0. The van der Waals surface area contributed by atoms with Gasteiger partial charge in [0.1, 0.15) is 0 Å². The lowest BCUT2D eigenvalue weighted by atomic mass is 9.78. The van der Waals surface area contributed by atoms with Gasteiger partial charge in [-0.3, -0.25) is 0 Å². The van der Waals surface area contributed by atoms with Gasteiger partial charge in [-0.25, -0.2) is 0 Å². The van der Waals surface area contributed by atoms with Crippen LogP contribution in [-0.4, -0.2) is 21.7 Å². The van der Waals surface area contributed by atoms with E-state index in [0.717, 1.165) is 22.3 Å². The normalized spacial score (nSPS) is 10.9. The Kier molecular flexibility index (Phi) is 2.89. The molecular weight excluding hydrogens is 237 g/mol. The molecule has 0 bridgehead atoms. The van der Waals surface area contributed by atoms with Crippen molar-refractivity contribution in [3.05, 3.63) is 60.3 Å². The van der Waals surface area contributed by atoms with Crippen molar-refractivity contribution < 1.29 is 10.0 Å². The molecule has 0 aliphatic carbocycles. The molecule has 0 saturated carbocycles. The van der Waals surface area contributed by atoms with Crippen LogP contribution < -0.4 is 5.46 Å². The van der Waals surface area contributed by atoms with Gasteiger partial charge in [-0.2, -0.15) is 0 Å². The zero-order valence-electron chi connectivity index (χ0n) is 10.6. The summed E-state index contributed by atoms with van der Waals surface area (Å²) in [4.78, 5) is 0. The first-order valence-corrected chi connectivity index (χ1v) is 6.21. The summed E-state index contributed by atoms with van der Waals surface area (Å²) in [6, 6.07) is 17.7. The number of hydrogen-bond acceptors (Lipinski definition) is 2. The van der Waals surface area contributed by atoms with Crippen molar-refractivity contribution in [3.63, 3.8) is 0 Å². The quantitative estimate of drug-likeness (QED) is 0.680. The third-order valence-corrected chi connectivity index (χ3v) is 3.43. The summed E-state index contributed by atoms with van der Waals surface area (Å²) in [5, 5.41) is 20.1. The molecule has 2 aromatic carbocycles. The van der Waals surface area contributed by atoms with Crippen LogP contribution in [-0.2, 0) is 0 Å². The van der Waals surface area contributed by atoms with Gasteiger partial charge in [0, 0.05) is 22.2 Å². The second-order valence-electron chi connectivity index (χ2n) is 4.56. The minimum atomic E-state index is -1.46. The van der Waals surface area contributed by atoms with Crippen LogP contribution in [0, 0.1) is 6.92 Å². The Labute approximate surface area is 111 Å². The summed E-state index contributed by atoms with van der Waals surface area (Å²) >= 11 is 0. The average Bonchev–Trinajstić information content (AvgIpc) is 2.71. The molecule has 2 N–H and O–H groups in total. The van der Waals surface area contributed by atoms with Crippen LogP contribution in [0.5, 0.6) is 0 Å². The monoisotopic (exact) mass is 251 g/mol. The summed E-state index contributed by atoms with van der Waals surface area (Å²) in [7, 11) is -1.46. The summed E-state index contributed by atoms with van der Waals surface area (Å²) < 4.78 is 2.05. The minimum absolute atomic E-state index is 0.569. The van der Waals surface area contributed by atoms with E-state index in [-0.39, 0.29) is 0 Å². The maximum Gasteiger partial charge on any atom is 0.490 e. The van der Waals surface area contributed by atoms with Gasteiger partial charge < -0.3 is 14.6 Å². The van der Waals surface area contributed by atoms with Gasteiger partial charge in [-0.15, -0.1) is 0 Å². The maximum absolute atomic E-state index is 9.61. The first-order chi connectivity index (χ1) is 9.20. The van der Waals surface area contributed by atoms with Crippen LogP contribution in [0.15, 0.2) is 54.6 Å². The molecule has 0 unspecified atom stereocenters. The highest BCUT2D eigenvalue weighted by Gasteiger charge is 2.23. The van der Waals surface area contributed by atoms with Crippen LogP contribution in [0.1, 0.15) is 5.69 Å². The number of benzene rings is 2. The Morgan fingerprint density at radius 1 is 0.895 bits per heavy atom. The van der Waals surface area contributed by atoms with E-state index < -0.39 is 7.12 Å². The fourth-order valence-electron chi connectivity index (χ4n) is 2.63. The Balaban J connectivity index is 2.40. The van der Waals surface area contributed by atoms with Crippen LogP contribution in [0.4, 0.5) is 0 Å². The number of aromatic nitrogens is 1. The molecule has 19 heavy (non-hydrogen) atoms. The molecule has 3 nitrogen and oxygen atoms in total. The molecule has 1 heterocycles. The Hall–Kier alpha value is -2.04. The van der Waals surface area contributed by atoms with Crippen molar-refractivity contribution in [1.82, 2.24) is 4.57 Å². The molecule has 0 spiro atoms. The average molecular weight is 251 g/mol. The van der Waals surface area contributed by atoms with E-state index in [9.17, 15) is 10.0 Å². The number of fused-ring (bicyclic) bond motifs is 1. The standard InChI is InChI=1S/C15H14BNO2/c1-11-15(16(18)19)13-9-5-6-10-14(13)17(11)12-7-3-2-4-8-12/h2-10,18-19H,1H3. The topological polar surface area (TPSA) is 45.4 Å². The van der Waals surface area contributed by atoms with Crippen molar-refractivity contribution >= 4 is 23.5 Å². The van der Waals surface area contributed by atoms with Crippen LogP contribution in [0.3, 0.4) is 0 Å². The smallest absolute Gasteiger partial charge is 0.423 e. The molecule has 0 amide bonds. The fraction of sp³-hybridized carbons (Fsp3) is 0.0667. The fourth-order valence-corrected chi connectivity index (χ4v) is 2.63. The number of hydrogen-bond donors (Lipinski definition) is 2. The van der Waals surface area contributed by atoms with Gasteiger partial charge in [0.25, 0.3) is 0 Å². The lowest BCUT2D eigenvalue weighted by Gasteiger charge is -2.08. The first-order valence-electron chi connectivity index (χ1n) is 6.21. The van der Waals surface area contributed by atoms with Crippen LogP contribution >= 0.6 is 0 Å². The van der Waals surface area contributed by atoms with Gasteiger partial charge >= 0.3 is 7.12 Å². The largest absolute Gasteiger partial charge is 0.490 e. The van der Waals surface area contributed by atoms with E-state index >= 15 is 0 Å². The van der Waals surface area contributed by atoms with Crippen molar-refractivity contribution in [2.75, 3.05) is 0 Å². The van der Waals surface area contributed by atoms with E-state index in [1.54, 1.807) is 0 Å². The first kappa shape index (κ1) is 12.0. The highest BCUT2D eigenvalue weighted by molar-refractivity contribution is 6.62. The molecule has 0 saturated heterocycles. The van der Waals surface area contributed by atoms with Crippen LogP contribution in [0.2, 0.25) is 0 Å². The second-order valence-corrected chi connectivity index (χ2v) is 4.56. The van der Waals surface area contributed by atoms with Gasteiger partial charge in [0.2, 0.25) is 0 Å². The lowest BCUT2D eigenvalue weighted by molar-refractivity contribution is 0.426. The number of nitrogens with zero attached hydrogens (tertiary/aromatic N) is 1. The molecule has 94 valence electrons. The molecule has 3 aromatic rings. The Bertz CT molecular complexity index is 720. The molecule has 0 aliphatic rings. The molecule has 0 aliphatic heterocycles. The van der Waals surface area contributed by atoms with E-state index in [4.69, 9.17) is 0 Å². The van der Waals surface area contributed by atoms with Gasteiger partial charge in [0.15, 0.2) is 0 Å². The van der Waals surface area contributed by atoms with Gasteiger partial charge in [0.05, 0.1) is 5.52 Å².